The zero-order valence-corrected chi connectivity index (χ0v) is 26.9. The number of nitrogens with zero attached hydrogens (tertiary/aromatic N) is 3. The highest BCUT2D eigenvalue weighted by molar-refractivity contribution is 7.89. The number of carboxylic acid groups (broad SMARTS) is 1. The zero-order chi connectivity index (χ0) is 35.6. The average Bonchev–Trinajstić information content (AvgIpc) is 3.42. The van der Waals surface area contributed by atoms with Gasteiger partial charge in [0.15, 0.2) is 0 Å². The molecule has 0 saturated carbocycles. The number of nitrogens with one attached hydrogen (secondary N) is 1. The molecule has 258 valence electrons. The van der Waals surface area contributed by atoms with Crippen molar-refractivity contribution in [3.05, 3.63) is 114 Å². The van der Waals surface area contributed by atoms with Crippen LogP contribution in [-0.2, 0) is 37.4 Å². The van der Waals surface area contributed by atoms with Gasteiger partial charge in [0.1, 0.15) is 6.04 Å². The SMILES string of the molecule is NN=Cc1cccc(CN2CC[C@H](N(CC(=O)NCCc3ccccc3)S(=O)(=O)c3ccc4ccccc4c3)C2=O)c1.O=C(O)C(F)(F)F. The summed E-state index contributed by atoms with van der Waals surface area (Å²) in [6, 6.07) is 28.5. The van der Waals surface area contributed by atoms with Crippen molar-refractivity contribution < 1.29 is 41.1 Å². The molecule has 0 aromatic heterocycles. The molecular formula is C34H34F3N5O6S. The van der Waals surface area contributed by atoms with Crippen molar-refractivity contribution in [2.45, 2.75) is 36.5 Å². The predicted octanol–water partition coefficient (Wildman–Crippen LogP) is 3.92. The van der Waals surface area contributed by atoms with Crippen LogP contribution in [0.1, 0.15) is 23.1 Å². The Morgan fingerprint density at radius 1 is 0.959 bits per heavy atom. The standard InChI is InChI=1S/C32H33N5O4S.C2HF3O2/c33-35-21-25-9-6-10-26(19-25)22-36-18-16-30(32(36)39)37(23-31(38)34-17-15-24-7-2-1-3-8-24)42(40,41)29-14-13-27-11-4-5-12-28(27)20-29;3-2(4,5)1(6)7/h1-14,19-21,30H,15-18,22-23,33H2,(H,34,38);(H,6,7)/t30-;/m0./s1. The molecule has 11 nitrogen and oxygen atoms in total. The number of sulfonamides is 1. The van der Waals surface area contributed by atoms with Gasteiger partial charge in [0, 0.05) is 19.6 Å². The van der Waals surface area contributed by atoms with Gasteiger partial charge in [-0.2, -0.15) is 22.6 Å². The van der Waals surface area contributed by atoms with Gasteiger partial charge in [0.05, 0.1) is 17.7 Å². The molecule has 1 atom stereocenters. The molecule has 1 aliphatic rings. The molecule has 4 N–H and O–H groups in total. The summed E-state index contributed by atoms with van der Waals surface area (Å²) in [4.78, 5) is 37.3. The lowest BCUT2D eigenvalue weighted by Crippen LogP contribution is -2.49. The monoisotopic (exact) mass is 697 g/mol. The van der Waals surface area contributed by atoms with Crippen molar-refractivity contribution in [1.29, 1.82) is 0 Å². The van der Waals surface area contributed by atoms with Crippen LogP contribution in [0.5, 0.6) is 0 Å². The fourth-order valence-electron chi connectivity index (χ4n) is 5.24. The summed E-state index contributed by atoms with van der Waals surface area (Å²) in [5.41, 5.74) is 2.72. The first-order valence-electron chi connectivity index (χ1n) is 15.0. The van der Waals surface area contributed by atoms with E-state index < -0.39 is 40.7 Å². The van der Waals surface area contributed by atoms with E-state index >= 15 is 0 Å². The number of amides is 2. The molecule has 1 aliphatic heterocycles. The van der Waals surface area contributed by atoms with E-state index in [1.54, 1.807) is 17.0 Å². The highest BCUT2D eigenvalue weighted by Gasteiger charge is 2.43. The van der Waals surface area contributed by atoms with Gasteiger partial charge in [-0.25, -0.2) is 13.2 Å². The van der Waals surface area contributed by atoms with Gasteiger partial charge in [-0.3, -0.25) is 9.59 Å². The number of carboxylic acids is 1. The van der Waals surface area contributed by atoms with Gasteiger partial charge < -0.3 is 21.2 Å². The molecule has 0 radical (unpaired) electrons. The van der Waals surface area contributed by atoms with Crippen LogP contribution in [0, 0.1) is 0 Å². The van der Waals surface area contributed by atoms with Crippen LogP contribution in [-0.4, -0.2) is 78.6 Å². The van der Waals surface area contributed by atoms with Gasteiger partial charge in [-0.1, -0.05) is 78.9 Å². The molecule has 1 fully saturated rings. The molecule has 49 heavy (non-hydrogen) atoms. The summed E-state index contributed by atoms with van der Waals surface area (Å²) in [5, 5.41) is 15.2. The Balaban J connectivity index is 0.000000698. The van der Waals surface area contributed by atoms with E-state index in [1.165, 1.54) is 12.3 Å². The Labute approximate surface area is 280 Å². The molecular weight excluding hydrogens is 663 g/mol. The molecule has 15 heteroatoms. The van der Waals surface area contributed by atoms with E-state index in [0.717, 1.165) is 31.8 Å². The Morgan fingerprint density at radius 3 is 2.29 bits per heavy atom. The number of hydrazone groups is 1. The smallest absolute Gasteiger partial charge is 0.475 e. The molecule has 0 aliphatic carbocycles. The van der Waals surface area contributed by atoms with E-state index in [1.807, 2.05) is 78.9 Å². The number of likely N-dealkylation sites (tertiary alicyclic amines) is 1. The van der Waals surface area contributed by atoms with E-state index in [9.17, 15) is 31.2 Å². The number of alkyl halides is 3. The van der Waals surface area contributed by atoms with Crippen molar-refractivity contribution in [2.24, 2.45) is 10.9 Å². The topological polar surface area (TPSA) is 162 Å². The summed E-state index contributed by atoms with van der Waals surface area (Å²) >= 11 is 0. The number of carbonyl (C=O) groups is 3. The van der Waals surface area contributed by atoms with Crippen molar-refractivity contribution >= 4 is 44.8 Å². The average molecular weight is 698 g/mol. The first-order chi connectivity index (χ1) is 23.3. The Morgan fingerprint density at radius 2 is 1.61 bits per heavy atom. The van der Waals surface area contributed by atoms with Crippen molar-refractivity contribution in [1.82, 2.24) is 14.5 Å². The highest BCUT2D eigenvalue weighted by atomic mass is 32.2. The first kappa shape index (κ1) is 36.6. The van der Waals surface area contributed by atoms with Gasteiger partial charge in [-0.15, -0.1) is 0 Å². The summed E-state index contributed by atoms with van der Waals surface area (Å²) in [6.07, 6.45) is -2.69. The van der Waals surface area contributed by atoms with E-state index in [-0.39, 0.29) is 17.2 Å². The number of aliphatic carboxylic acids is 1. The Bertz CT molecular complexity index is 1920. The Kier molecular flexibility index (Phi) is 12.1. The van der Waals surface area contributed by atoms with Gasteiger partial charge in [0.25, 0.3) is 0 Å². The minimum absolute atomic E-state index is 0.0401. The van der Waals surface area contributed by atoms with Gasteiger partial charge in [0.2, 0.25) is 21.8 Å². The zero-order valence-electron chi connectivity index (χ0n) is 26.1. The molecule has 0 unspecified atom stereocenters. The number of carbonyl (C=O) groups excluding carboxylic acids is 2. The number of rotatable bonds is 11. The van der Waals surface area contributed by atoms with Crippen LogP contribution < -0.4 is 11.2 Å². The maximum Gasteiger partial charge on any atom is 0.490 e. The normalized spacial score (nSPS) is 15.0. The fourth-order valence-corrected chi connectivity index (χ4v) is 6.84. The van der Waals surface area contributed by atoms with Crippen molar-refractivity contribution in [3.8, 4) is 0 Å². The highest BCUT2D eigenvalue weighted by Crippen LogP contribution is 2.28. The molecule has 4 aromatic carbocycles. The Hall–Kier alpha value is -5.28. The predicted molar refractivity (Wildman–Crippen MR) is 177 cm³/mol. The lowest BCUT2D eigenvalue weighted by molar-refractivity contribution is -0.192. The molecule has 0 spiro atoms. The van der Waals surface area contributed by atoms with E-state index in [4.69, 9.17) is 15.7 Å². The molecule has 4 aromatic rings. The second-order valence-electron chi connectivity index (χ2n) is 11.0. The largest absolute Gasteiger partial charge is 0.490 e. The maximum atomic E-state index is 14.1. The number of hydrogen-bond donors (Lipinski definition) is 3. The van der Waals surface area contributed by atoms with Crippen LogP contribution >= 0.6 is 0 Å². The lowest BCUT2D eigenvalue weighted by atomic mass is 10.1. The first-order valence-corrected chi connectivity index (χ1v) is 16.5. The number of hydrogen-bond acceptors (Lipinski definition) is 7. The maximum absolute atomic E-state index is 14.1. The summed E-state index contributed by atoms with van der Waals surface area (Å²) in [5.74, 6) is 1.72. The second kappa shape index (κ2) is 16.2. The minimum Gasteiger partial charge on any atom is -0.475 e. The fraction of sp³-hybridized carbons (Fsp3) is 0.235. The van der Waals surface area contributed by atoms with Gasteiger partial charge >= 0.3 is 12.1 Å². The summed E-state index contributed by atoms with van der Waals surface area (Å²) in [6.45, 7) is 0.545. The van der Waals surface area contributed by atoms with Gasteiger partial charge in [-0.05, 0) is 58.5 Å². The van der Waals surface area contributed by atoms with Crippen LogP contribution in [0.2, 0.25) is 0 Å². The van der Waals surface area contributed by atoms with Crippen LogP contribution in [0.25, 0.3) is 10.8 Å². The quantitative estimate of drug-likeness (QED) is 0.122. The third-order valence-corrected chi connectivity index (χ3v) is 9.46. The van der Waals surface area contributed by atoms with E-state index in [2.05, 4.69) is 10.4 Å². The lowest BCUT2D eigenvalue weighted by Gasteiger charge is -2.27. The van der Waals surface area contributed by atoms with Crippen LogP contribution in [0.15, 0.2) is 107 Å². The summed E-state index contributed by atoms with van der Waals surface area (Å²) < 4.78 is 60.9. The number of benzene rings is 4. The third kappa shape index (κ3) is 9.87. The minimum atomic E-state index is -5.08. The van der Waals surface area contributed by atoms with Crippen LogP contribution in [0.4, 0.5) is 13.2 Å². The number of fused-ring (bicyclic) bond motifs is 1. The molecule has 5 rings (SSSR count). The van der Waals surface area contributed by atoms with Crippen molar-refractivity contribution in [3.63, 3.8) is 0 Å². The number of halogens is 3. The second-order valence-corrected chi connectivity index (χ2v) is 12.9. The number of nitrogens with two attached hydrogens (primary N) is 1. The van der Waals surface area contributed by atoms with Crippen LogP contribution in [0.3, 0.4) is 0 Å². The molecule has 1 heterocycles. The van der Waals surface area contributed by atoms with Crippen molar-refractivity contribution in [2.75, 3.05) is 19.6 Å². The molecule has 2 amide bonds. The molecule has 1 saturated heterocycles. The molecule has 0 bridgehead atoms. The third-order valence-electron chi connectivity index (χ3n) is 7.61. The summed E-state index contributed by atoms with van der Waals surface area (Å²) in [7, 11) is -4.20. The van der Waals surface area contributed by atoms with E-state index in [0.29, 0.717) is 26.1 Å².